The average Bonchev–Trinajstić information content (AvgIpc) is 2.19. The van der Waals surface area contributed by atoms with Crippen molar-refractivity contribution in [1.29, 1.82) is 5.26 Å². The summed E-state index contributed by atoms with van der Waals surface area (Å²) >= 11 is 0. The Balaban J connectivity index is 2.88. The molecule has 0 aliphatic heterocycles. The number of hydrogen-bond acceptors (Lipinski definition) is 2. The molecule has 1 aromatic carbocycles. The maximum absolute atomic E-state index is 12.2. The van der Waals surface area contributed by atoms with E-state index in [0.29, 0.717) is 11.1 Å². The summed E-state index contributed by atoms with van der Waals surface area (Å²) in [4.78, 5) is 0. The fourth-order valence-corrected chi connectivity index (χ4v) is 1.11. The minimum atomic E-state index is -4.39. The van der Waals surface area contributed by atoms with Crippen molar-refractivity contribution in [3.05, 3.63) is 29.3 Å². The van der Waals surface area contributed by atoms with Crippen LogP contribution in [0.25, 0.3) is 0 Å². The Bertz CT molecular complexity index is 420. The van der Waals surface area contributed by atoms with E-state index in [1.165, 1.54) is 18.2 Å². The van der Waals surface area contributed by atoms with Crippen LogP contribution < -0.4 is 4.74 Å². The lowest BCUT2D eigenvalue weighted by molar-refractivity contribution is -0.189. The van der Waals surface area contributed by atoms with E-state index in [0.717, 1.165) is 6.92 Å². The van der Waals surface area contributed by atoms with Crippen LogP contribution in [0.4, 0.5) is 13.2 Å². The van der Waals surface area contributed by atoms with E-state index in [1.54, 1.807) is 6.92 Å². The molecule has 0 amide bonds. The lowest BCUT2D eigenvalue weighted by Gasteiger charge is -2.18. The van der Waals surface area contributed by atoms with Gasteiger partial charge in [0.1, 0.15) is 5.75 Å². The van der Waals surface area contributed by atoms with E-state index in [2.05, 4.69) is 0 Å². The molecular formula is C11H10F3NO. The predicted molar refractivity (Wildman–Crippen MR) is 52.0 cm³/mol. The van der Waals surface area contributed by atoms with Gasteiger partial charge in [-0.2, -0.15) is 18.4 Å². The van der Waals surface area contributed by atoms with Crippen molar-refractivity contribution in [3.8, 4) is 11.8 Å². The van der Waals surface area contributed by atoms with E-state index in [1.807, 2.05) is 6.07 Å². The third-order valence-corrected chi connectivity index (χ3v) is 2.07. The number of nitriles is 1. The minimum Gasteiger partial charge on any atom is -0.481 e. The van der Waals surface area contributed by atoms with Gasteiger partial charge in [0.25, 0.3) is 0 Å². The van der Waals surface area contributed by atoms with E-state index in [4.69, 9.17) is 10.00 Å². The number of ether oxygens (including phenoxy) is 1. The molecule has 0 aliphatic rings. The molecule has 0 heterocycles. The zero-order valence-corrected chi connectivity index (χ0v) is 8.80. The molecule has 1 atom stereocenters. The van der Waals surface area contributed by atoms with Crippen LogP contribution in [0.15, 0.2) is 18.2 Å². The van der Waals surface area contributed by atoms with Gasteiger partial charge in [-0.05, 0) is 37.6 Å². The molecule has 0 fully saturated rings. The smallest absolute Gasteiger partial charge is 0.425 e. The van der Waals surface area contributed by atoms with Crippen LogP contribution in [-0.4, -0.2) is 12.3 Å². The molecule has 86 valence electrons. The molecule has 1 unspecified atom stereocenters. The molecule has 0 N–H and O–H groups in total. The van der Waals surface area contributed by atoms with E-state index in [9.17, 15) is 13.2 Å². The Morgan fingerprint density at radius 3 is 2.44 bits per heavy atom. The number of rotatable bonds is 2. The van der Waals surface area contributed by atoms with Gasteiger partial charge in [0.05, 0.1) is 11.6 Å². The van der Waals surface area contributed by atoms with E-state index < -0.39 is 12.3 Å². The van der Waals surface area contributed by atoms with Crippen molar-refractivity contribution in [1.82, 2.24) is 0 Å². The van der Waals surface area contributed by atoms with Crippen LogP contribution in [0.5, 0.6) is 5.75 Å². The maximum atomic E-state index is 12.2. The largest absolute Gasteiger partial charge is 0.481 e. The van der Waals surface area contributed by atoms with Gasteiger partial charge in [-0.1, -0.05) is 0 Å². The third-order valence-electron chi connectivity index (χ3n) is 2.07. The summed E-state index contributed by atoms with van der Waals surface area (Å²) in [6.07, 6.45) is -6.25. The van der Waals surface area contributed by atoms with Gasteiger partial charge >= 0.3 is 6.18 Å². The Labute approximate surface area is 91.3 Å². The molecule has 0 radical (unpaired) electrons. The Kier molecular flexibility index (Phi) is 3.43. The second kappa shape index (κ2) is 4.44. The highest BCUT2D eigenvalue weighted by atomic mass is 19.4. The highest BCUT2D eigenvalue weighted by Gasteiger charge is 2.38. The molecule has 0 bridgehead atoms. The van der Waals surface area contributed by atoms with Gasteiger partial charge in [-0.15, -0.1) is 0 Å². The fraction of sp³-hybridized carbons (Fsp3) is 0.364. The summed E-state index contributed by atoms with van der Waals surface area (Å²) in [7, 11) is 0. The first-order valence-corrected chi connectivity index (χ1v) is 4.58. The average molecular weight is 229 g/mol. The first-order valence-electron chi connectivity index (χ1n) is 4.58. The highest BCUT2D eigenvalue weighted by molar-refractivity contribution is 5.41. The second-order valence-electron chi connectivity index (χ2n) is 3.39. The number of aryl methyl sites for hydroxylation is 1. The molecule has 0 saturated heterocycles. The number of hydrogen-bond donors (Lipinski definition) is 0. The van der Waals surface area contributed by atoms with Crippen molar-refractivity contribution in [2.75, 3.05) is 0 Å². The van der Waals surface area contributed by atoms with Crippen molar-refractivity contribution in [2.24, 2.45) is 0 Å². The molecule has 2 nitrogen and oxygen atoms in total. The summed E-state index contributed by atoms with van der Waals surface area (Å²) < 4.78 is 41.5. The SMILES string of the molecule is Cc1cc(C#N)ccc1OC(C)C(F)(F)F. The number of benzene rings is 1. The monoisotopic (exact) mass is 229 g/mol. The normalized spacial score (nSPS) is 13.0. The van der Waals surface area contributed by atoms with Crippen LogP contribution in [0.2, 0.25) is 0 Å². The van der Waals surface area contributed by atoms with Crippen LogP contribution in [0.1, 0.15) is 18.1 Å². The van der Waals surface area contributed by atoms with E-state index >= 15 is 0 Å². The lowest BCUT2D eigenvalue weighted by Crippen LogP contribution is -2.31. The topological polar surface area (TPSA) is 33.0 Å². The minimum absolute atomic E-state index is 0.142. The van der Waals surface area contributed by atoms with Crippen LogP contribution in [0, 0.1) is 18.3 Å². The summed E-state index contributed by atoms with van der Waals surface area (Å²) in [6.45, 7) is 2.54. The summed E-state index contributed by atoms with van der Waals surface area (Å²) in [5.41, 5.74) is 0.902. The zero-order chi connectivity index (χ0) is 12.3. The molecule has 0 spiro atoms. The summed E-state index contributed by atoms with van der Waals surface area (Å²) in [5, 5.41) is 8.59. The van der Waals surface area contributed by atoms with Gasteiger partial charge in [-0.25, -0.2) is 0 Å². The molecule has 16 heavy (non-hydrogen) atoms. The molecule has 1 rings (SSSR count). The molecule has 0 aromatic heterocycles. The second-order valence-corrected chi connectivity index (χ2v) is 3.39. The summed E-state index contributed by atoms with van der Waals surface area (Å²) in [6, 6.07) is 6.18. The molecule has 0 aliphatic carbocycles. The molecule has 1 aromatic rings. The molecular weight excluding hydrogens is 219 g/mol. The van der Waals surface area contributed by atoms with Crippen molar-refractivity contribution < 1.29 is 17.9 Å². The number of halogens is 3. The van der Waals surface area contributed by atoms with Gasteiger partial charge < -0.3 is 4.74 Å². The van der Waals surface area contributed by atoms with Crippen molar-refractivity contribution in [2.45, 2.75) is 26.1 Å². The first kappa shape index (κ1) is 12.4. The van der Waals surface area contributed by atoms with Gasteiger partial charge in [0.15, 0.2) is 6.10 Å². The zero-order valence-electron chi connectivity index (χ0n) is 8.80. The predicted octanol–water partition coefficient (Wildman–Crippen LogP) is 3.20. The first-order chi connectivity index (χ1) is 7.34. The van der Waals surface area contributed by atoms with E-state index in [-0.39, 0.29) is 5.75 Å². The van der Waals surface area contributed by atoms with Gasteiger partial charge in [-0.3, -0.25) is 0 Å². The number of alkyl halides is 3. The van der Waals surface area contributed by atoms with Gasteiger partial charge in [0.2, 0.25) is 0 Å². The number of nitrogens with zero attached hydrogens (tertiary/aromatic N) is 1. The van der Waals surface area contributed by atoms with Crippen LogP contribution in [0.3, 0.4) is 0 Å². The molecule has 5 heteroatoms. The van der Waals surface area contributed by atoms with Crippen molar-refractivity contribution in [3.63, 3.8) is 0 Å². The van der Waals surface area contributed by atoms with Gasteiger partial charge in [0, 0.05) is 0 Å². The third kappa shape index (κ3) is 2.89. The fourth-order valence-electron chi connectivity index (χ4n) is 1.11. The highest BCUT2D eigenvalue weighted by Crippen LogP contribution is 2.27. The van der Waals surface area contributed by atoms with Crippen molar-refractivity contribution >= 4 is 0 Å². The maximum Gasteiger partial charge on any atom is 0.425 e. The molecule has 0 saturated carbocycles. The van der Waals surface area contributed by atoms with Crippen LogP contribution in [-0.2, 0) is 0 Å². The Morgan fingerprint density at radius 1 is 1.38 bits per heavy atom. The Morgan fingerprint density at radius 2 is 2.00 bits per heavy atom. The van der Waals surface area contributed by atoms with Crippen LogP contribution >= 0.6 is 0 Å². The quantitative estimate of drug-likeness (QED) is 0.780. The standard InChI is InChI=1S/C11H10F3NO/c1-7-5-9(6-15)3-4-10(7)16-8(2)11(12,13)14/h3-5,8H,1-2H3. The lowest BCUT2D eigenvalue weighted by atomic mass is 10.1. The Hall–Kier alpha value is -1.70. The summed E-state index contributed by atoms with van der Waals surface area (Å²) in [5.74, 6) is 0.142.